The van der Waals surface area contributed by atoms with Gasteiger partial charge in [-0.3, -0.25) is 9.59 Å². The Morgan fingerprint density at radius 3 is 1.50 bits per heavy atom. The molecular formula is C66H94BrN3O7Si. The number of aryl methyl sites for hydroxylation is 2. The lowest BCUT2D eigenvalue weighted by atomic mass is 9.78. The summed E-state index contributed by atoms with van der Waals surface area (Å²) in [6.07, 6.45) is 16.4. The summed E-state index contributed by atoms with van der Waals surface area (Å²) < 4.78 is 24.1. The molecule has 426 valence electrons. The molecule has 10 nitrogen and oxygen atoms in total. The number of hydrogen-bond acceptors (Lipinski definition) is 8. The third kappa shape index (κ3) is 15.2. The number of benzene rings is 4. The fourth-order valence-corrected chi connectivity index (χ4v) is 14.7. The molecule has 5 fully saturated rings. The molecule has 0 aromatic heterocycles. The van der Waals surface area contributed by atoms with Gasteiger partial charge in [-0.25, -0.2) is 0 Å². The summed E-state index contributed by atoms with van der Waals surface area (Å²) >= 11 is 3.64. The minimum absolute atomic E-state index is 0.00236. The van der Waals surface area contributed by atoms with Crippen molar-refractivity contribution in [2.45, 2.75) is 186 Å². The average Bonchev–Trinajstić information content (AvgIpc) is 3.42. The molecule has 0 bridgehead atoms. The molecule has 0 radical (unpaired) electrons. The first kappa shape index (κ1) is 59.9. The third-order valence-electron chi connectivity index (χ3n) is 19.0. The summed E-state index contributed by atoms with van der Waals surface area (Å²) in [5.74, 6) is 4.71. The number of amides is 2. The first-order chi connectivity index (χ1) is 37.3. The van der Waals surface area contributed by atoms with Gasteiger partial charge in [-0.1, -0.05) is 73.1 Å². The summed E-state index contributed by atoms with van der Waals surface area (Å²) in [5, 5.41) is 10.2. The molecule has 5 aliphatic rings. The van der Waals surface area contributed by atoms with Gasteiger partial charge in [0.1, 0.15) is 11.5 Å². The summed E-state index contributed by atoms with van der Waals surface area (Å²) in [7, 11) is 3.44. The zero-order chi connectivity index (χ0) is 55.7. The van der Waals surface area contributed by atoms with E-state index in [1.54, 1.807) is 21.3 Å². The second kappa shape index (κ2) is 27.0. The first-order valence-electron chi connectivity index (χ1n) is 29.7. The van der Waals surface area contributed by atoms with E-state index >= 15 is 0 Å². The molecule has 9 rings (SSSR count). The minimum Gasteiger partial charge on any atom is -0.496 e. The van der Waals surface area contributed by atoms with Crippen molar-refractivity contribution in [3.8, 4) is 11.5 Å². The zero-order valence-corrected chi connectivity index (χ0v) is 51.6. The number of rotatable bonds is 16. The molecule has 0 spiro atoms. The van der Waals surface area contributed by atoms with Gasteiger partial charge in [0.05, 0.1) is 26.4 Å². The maximum absolute atomic E-state index is 14.1. The summed E-state index contributed by atoms with van der Waals surface area (Å²) in [4.78, 5) is 34.5. The highest BCUT2D eigenvalue weighted by atomic mass is 79.9. The predicted molar refractivity (Wildman–Crippen MR) is 325 cm³/mol. The number of nitrogens with zero attached hydrogens (tertiary/aromatic N) is 3. The molecule has 4 aromatic carbocycles. The molecule has 2 amide bonds. The Morgan fingerprint density at radius 2 is 1.06 bits per heavy atom. The highest BCUT2D eigenvalue weighted by Gasteiger charge is 2.41. The minimum atomic E-state index is -1.80. The number of aliphatic hydroxyl groups excluding tert-OH is 1. The molecule has 4 aliphatic carbocycles. The van der Waals surface area contributed by atoms with Crippen LogP contribution in [0.1, 0.15) is 158 Å². The van der Waals surface area contributed by atoms with Crippen molar-refractivity contribution in [3.05, 3.63) is 112 Å². The lowest BCUT2D eigenvalue weighted by molar-refractivity contribution is -0.124. The Balaban J connectivity index is 0.000000206. The van der Waals surface area contributed by atoms with E-state index in [2.05, 4.69) is 151 Å². The molecule has 0 atom stereocenters. The van der Waals surface area contributed by atoms with Gasteiger partial charge in [0.2, 0.25) is 11.8 Å². The number of halogens is 1. The molecule has 12 heteroatoms. The van der Waals surface area contributed by atoms with Crippen LogP contribution in [-0.4, -0.2) is 91.1 Å². The fourth-order valence-electron chi connectivity index (χ4n) is 12.9. The Hall–Kier alpha value is -4.20. The van der Waals surface area contributed by atoms with Gasteiger partial charge in [-0.2, -0.15) is 0 Å². The predicted octanol–water partition coefficient (Wildman–Crippen LogP) is 15.4. The van der Waals surface area contributed by atoms with Gasteiger partial charge < -0.3 is 38.4 Å². The molecule has 4 saturated carbocycles. The smallest absolute Gasteiger partial charge is 0.230 e. The van der Waals surface area contributed by atoms with Crippen LogP contribution in [0.15, 0.2) is 89.4 Å². The van der Waals surface area contributed by atoms with Gasteiger partial charge >= 0.3 is 0 Å². The van der Waals surface area contributed by atoms with E-state index in [9.17, 15) is 14.7 Å². The molecule has 1 heterocycles. The van der Waals surface area contributed by atoms with Crippen molar-refractivity contribution in [1.29, 1.82) is 0 Å². The lowest BCUT2D eigenvalue weighted by Crippen LogP contribution is -2.52. The molecule has 1 saturated heterocycles. The number of methoxy groups -OCH3 is 3. The largest absolute Gasteiger partial charge is 0.496 e. The molecule has 0 unspecified atom stereocenters. The second-order valence-corrected chi connectivity index (χ2v) is 31.1. The maximum Gasteiger partial charge on any atom is 0.230 e. The SMILES string of the molecule is COc1ccc(C2CCC(CN(C(=O)C3CCC(O)CC3)c3cccc(N4CC(OC)C4)c3)CC2)cc1C.COc1ccc(C2CCC(CN(C(=O)C3CCC(O[Si](C)(C)C(C)(C)C)CC3)c3cccc(Br)c3)CC2)cc1C. The standard InChI is InChI=1S/C34H50BrNO3Si.C32H44N2O4/c1-24-21-28(17-20-32(24)38-5)26-13-11-25(12-14-26)23-36(30-10-8-9-29(35)22-30)33(37)27-15-18-31(19-16-27)39-40(6,7)34(2,3)4;1-22-17-26(13-16-31(22)38-3)24-9-7-23(8-10-24)19-34(32(36)25-11-14-29(35)15-12-25)28-6-4-5-27(18-28)33-20-30(21-33)37-2/h8-10,17,20-22,25-27,31H,11-16,18-19,23H2,1-7H3;4-6,13,16-18,23-25,29-30,35H,7-12,14-15,19-21H2,1-3H3. The maximum atomic E-state index is 14.1. The van der Waals surface area contributed by atoms with Crippen molar-refractivity contribution in [2.75, 3.05) is 62.2 Å². The number of carbonyl (C=O) groups is 2. The van der Waals surface area contributed by atoms with Crippen molar-refractivity contribution in [3.63, 3.8) is 0 Å². The number of carbonyl (C=O) groups excluding carboxylic acids is 2. The second-order valence-electron chi connectivity index (χ2n) is 25.4. The van der Waals surface area contributed by atoms with Gasteiger partial charge in [-0.05, 0) is 229 Å². The van der Waals surface area contributed by atoms with Crippen LogP contribution in [0.3, 0.4) is 0 Å². The quantitative estimate of drug-likeness (QED) is 0.111. The zero-order valence-electron chi connectivity index (χ0n) is 49.0. The molecular weight excluding hydrogens is 1050 g/mol. The van der Waals surface area contributed by atoms with Crippen LogP contribution < -0.4 is 24.2 Å². The van der Waals surface area contributed by atoms with Gasteiger partial charge in [0, 0.05) is 72.8 Å². The van der Waals surface area contributed by atoms with E-state index in [-0.39, 0.29) is 35.0 Å². The monoisotopic (exact) mass is 1150 g/mol. The Bertz CT molecular complexity index is 2580. The first-order valence-corrected chi connectivity index (χ1v) is 33.4. The molecule has 1 aliphatic heterocycles. The fraction of sp³-hybridized carbons (Fsp3) is 0.606. The highest BCUT2D eigenvalue weighted by Crippen LogP contribution is 2.43. The normalized spacial score (nSPS) is 25.0. The molecule has 78 heavy (non-hydrogen) atoms. The Labute approximate surface area is 478 Å². The van der Waals surface area contributed by atoms with E-state index in [1.807, 2.05) is 12.1 Å². The van der Waals surface area contributed by atoms with E-state index in [4.69, 9.17) is 18.6 Å². The van der Waals surface area contributed by atoms with Gasteiger partial charge in [0.25, 0.3) is 0 Å². The topological polar surface area (TPSA) is 101 Å². The van der Waals surface area contributed by atoms with Crippen LogP contribution in [0.5, 0.6) is 11.5 Å². The van der Waals surface area contributed by atoms with Crippen molar-refractivity contribution in [1.82, 2.24) is 0 Å². The Morgan fingerprint density at radius 1 is 0.603 bits per heavy atom. The summed E-state index contributed by atoms with van der Waals surface area (Å²) in [5.41, 5.74) is 8.42. The number of hydrogen-bond donors (Lipinski definition) is 1. The van der Waals surface area contributed by atoms with Crippen LogP contribution in [0, 0.1) is 37.5 Å². The van der Waals surface area contributed by atoms with E-state index in [1.165, 1.54) is 35.1 Å². The highest BCUT2D eigenvalue weighted by molar-refractivity contribution is 9.10. The lowest BCUT2D eigenvalue weighted by Gasteiger charge is -2.41. The Kier molecular flexibility index (Phi) is 20.8. The average molecular weight is 1150 g/mol. The van der Waals surface area contributed by atoms with Crippen LogP contribution in [-0.2, 0) is 18.8 Å². The van der Waals surface area contributed by atoms with E-state index in [0.29, 0.717) is 35.7 Å². The number of ether oxygens (including phenoxy) is 3. The van der Waals surface area contributed by atoms with Crippen molar-refractivity contribution < 1.29 is 33.3 Å². The molecule has 1 N–H and O–H groups in total. The summed E-state index contributed by atoms with van der Waals surface area (Å²) in [6.45, 7) is 19.2. The number of anilines is 3. The van der Waals surface area contributed by atoms with E-state index in [0.717, 1.165) is 149 Å². The van der Waals surface area contributed by atoms with Crippen LogP contribution in [0.2, 0.25) is 18.1 Å². The molecule has 4 aromatic rings. The van der Waals surface area contributed by atoms with Gasteiger partial charge in [0.15, 0.2) is 8.32 Å². The van der Waals surface area contributed by atoms with Crippen molar-refractivity contribution in [2.24, 2.45) is 23.7 Å². The summed E-state index contributed by atoms with van der Waals surface area (Å²) in [6, 6.07) is 30.0. The van der Waals surface area contributed by atoms with Crippen LogP contribution >= 0.6 is 15.9 Å². The van der Waals surface area contributed by atoms with Crippen LogP contribution in [0.4, 0.5) is 17.1 Å². The van der Waals surface area contributed by atoms with Gasteiger partial charge in [-0.15, -0.1) is 0 Å². The van der Waals surface area contributed by atoms with E-state index < -0.39 is 8.32 Å². The van der Waals surface area contributed by atoms with Crippen LogP contribution in [0.25, 0.3) is 0 Å². The van der Waals surface area contributed by atoms with Crippen molar-refractivity contribution >= 4 is 53.1 Å². The third-order valence-corrected chi connectivity index (χ3v) is 24.1. The number of aliphatic hydroxyl groups is 1.